The summed E-state index contributed by atoms with van der Waals surface area (Å²) in [6.45, 7) is 9.35. The van der Waals surface area contributed by atoms with Gasteiger partial charge in [-0.15, -0.1) is 0 Å². The van der Waals surface area contributed by atoms with E-state index in [4.69, 9.17) is 4.42 Å². The van der Waals surface area contributed by atoms with Crippen LogP contribution in [0.2, 0.25) is 0 Å². The van der Waals surface area contributed by atoms with Gasteiger partial charge < -0.3 is 15.1 Å². The number of Topliss-reactive ketones (excluding diaryl/α,β-unsaturated/α-hetero) is 1. The molecule has 0 bridgehead atoms. The number of benzene rings is 3. The number of aromatic nitrogens is 1. The number of carbonyl (C=O) groups excluding carboxylic acids is 3. The van der Waals surface area contributed by atoms with Crippen molar-refractivity contribution in [3.63, 3.8) is 0 Å². The molecule has 1 heterocycles. The number of amides is 2. The van der Waals surface area contributed by atoms with Crippen molar-refractivity contribution in [3.05, 3.63) is 89.6 Å². The first kappa shape index (κ1) is 25.6. The van der Waals surface area contributed by atoms with Gasteiger partial charge >= 0.3 is 0 Å². The molecule has 0 radical (unpaired) electrons. The van der Waals surface area contributed by atoms with Gasteiger partial charge in [-0.3, -0.25) is 14.4 Å². The molecule has 4 aromatic rings. The Hall–Kier alpha value is -4.52. The van der Waals surface area contributed by atoms with Crippen LogP contribution in [0.5, 0.6) is 0 Å². The standard InChI is InChI=1S/C30H29N3O4/c1-18(34)20-8-14-25(15-9-20)32-28(36)26-27(21-10-16-24(17-11-21)31-19(2)35)37-29(33-26)22-6-12-23(13-7-22)30(3,4)5/h6-17H,1-5H3,(H,31,35)(H,32,36). The first-order chi connectivity index (χ1) is 17.5. The Balaban J connectivity index is 1.71. The second kappa shape index (κ2) is 10.2. The monoisotopic (exact) mass is 495 g/mol. The smallest absolute Gasteiger partial charge is 0.278 e. The predicted octanol–water partition coefficient (Wildman–Crippen LogP) is 6.72. The SMILES string of the molecule is CC(=O)Nc1ccc(-c2oc(-c3ccc(C(C)(C)C)cc3)nc2C(=O)Nc2ccc(C(C)=O)cc2)cc1. The molecule has 2 amide bonds. The van der Waals surface area contributed by atoms with Gasteiger partial charge in [0.05, 0.1) is 0 Å². The van der Waals surface area contributed by atoms with Crippen molar-refractivity contribution in [1.29, 1.82) is 0 Å². The molecule has 0 atom stereocenters. The Labute approximate surface area is 215 Å². The average molecular weight is 496 g/mol. The molecular formula is C30H29N3O4. The van der Waals surface area contributed by atoms with Crippen LogP contribution in [-0.2, 0) is 10.2 Å². The zero-order valence-electron chi connectivity index (χ0n) is 21.5. The van der Waals surface area contributed by atoms with Gasteiger partial charge in [-0.05, 0) is 78.6 Å². The van der Waals surface area contributed by atoms with E-state index in [2.05, 4.69) is 36.4 Å². The highest BCUT2D eigenvalue weighted by Gasteiger charge is 2.23. The summed E-state index contributed by atoms with van der Waals surface area (Å²) >= 11 is 0. The van der Waals surface area contributed by atoms with Gasteiger partial charge in [-0.25, -0.2) is 4.98 Å². The molecule has 0 unspecified atom stereocenters. The molecule has 7 heteroatoms. The lowest BCUT2D eigenvalue weighted by Gasteiger charge is -2.18. The number of nitrogens with one attached hydrogen (secondary N) is 2. The Bertz CT molecular complexity index is 1440. The molecule has 0 saturated heterocycles. The highest BCUT2D eigenvalue weighted by atomic mass is 16.4. The maximum Gasteiger partial charge on any atom is 0.278 e. The van der Waals surface area contributed by atoms with E-state index in [9.17, 15) is 14.4 Å². The molecule has 0 aliphatic heterocycles. The van der Waals surface area contributed by atoms with Crippen LogP contribution in [0.4, 0.5) is 11.4 Å². The minimum Gasteiger partial charge on any atom is -0.435 e. The first-order valence-electron chi connectivity index (χ1n) is 11.9. The zero-order valence-corrected chi connectivity index (χ0v) is 21.5. The fourth-order valence-electron chi connectivity index (χ4n) is 3.79. The number of hydrogen-bond acceptors (Lipinski definition) is 5. The predicted molar refractivity (Wildman–Crippen MR) is 145 cm³/mol. The van der Waals surface area contributed by atoms with E-state index in [-0.39, 0.29) is 22.8 Å². The van der Waals surface area contributed by atoms with E-state index in [0.717, 1.165) is 5.56 Å². The van der Waals surface area contributed by atoms with Crippen molar-refractivity contribution in [3.8, 4) is 22.8 Å². The zero-order chi connectivity index (χ0) is 26.7. The molecule has 7 nitrogen and oxygen atoms in total. The van der Waals surface area contributed by atoms with Crippen molar-refractivity contribution < 1.29 is 18.8 Å². The summed E-state index contributed by atoms with van der Waals surface area (Å²) in [4.78, 5) is 40.8. The van der Waals surface area contributed by atoms with E-state index < -0.39 is 5.91 Å². The van der Waals surface area contributed by atoms with Crippen LogP contribution >= 0.6 is 0 Å². The van der Waals surface area contributed by atoms with Crippen molar-refractivity contribution in [2.45, 2.75) is 40.0 Å². The number of nitrogens with zero attached hydrogens (tertiary/aromatic N) is 1. The second-order valence-electron chi connectivity index (χ2n) is 9.87. The first-order valence-corrected chi connectivity index (χ1v) is 11.9. The highest BCUT2D eigenvalue weighted by molar-refractivity contribution is 6.07. The number of hydrogen-bond donors (Lipinski definition) is 2. The van der Waals surface area contributed by atoms with Crippen molar-refractivity contribution in [2.24, 2.45) is 0 Å². The number of carbonyl (C=O) groups is 3. The minimum atomic E-state index is -0.446. The van der Waals surface area contributed by atoms with Gasteiger partial charge in [-0.2, -0.15) is 0 Å². The summed E-state index contributed by atoms with van der Waals surface area (Å²) in [5.74, 6) is -0.0517. The Morgan fingerprint density at radius 3 is 1.81 bits per heavy atom. The molecule has 4 rings (SSSR count). The van der Waals surface area contributed by atoms with Gasteiger partial charge in [0.2, 0.25) is 11.8 Å². The van der Waals surface area contributed by atoms with Crippen LogP contribution in [0.15, 0.2) is 77.2 Å². The molecule has 37 heavy (non-hydrogen) atoms. The number of oxazole rings is 1. The molecular weight excluding hydrogens is 466 g/mol. The maximum absolute atomic E-state index is 13.3. The molecule has 3 aromatic carbocycles. The number of ketones is 1. The van der Waals surface area contributed by atoms with Crippen LogP contribution in [0.25, 0.3) is 22.8 Å². The summed E-state index contributed by atoms with van der Waals surface area (Å²) in [7, 11) is 0. The van der Waals surface area contributed by atoms with E-state index in [1.165, 1.54) is 19.4 Å². The van der Waals surface area contributed by atoms with Gasteiger partial charge in [0.25, 0.3) is 5.91 Å². The summed E-state index contributed by atoms with van der Waals surface area (Å²) < 4.78 is 6.14. The highest BCUT2D eigenvalue weighted by Crippen LogP contribution is 2.32. The van der Waals surface area contributed by atoms with E-state index in [1.54, 1.807) is 48.5 Å². The Morgan fingerprint density at radius 2 is 1.27 bits per heavy atom. The van der Waals surface area contributed by atoms with E-state index in [1.807, 2.05) is 24.3 Å². The van der Waals surface area contributed by atoms with Crippen molar-refractivity contribution in [1.82, 2.24) is 4.98 Å². The summed E-state index contributed by atoms with van der Waals surface area (Å²) in [5, 5.41) is 5.56. The normalized spacial score (nSPS) is 11.2. The van der Waals surface area contributed by atoms with Crippen LogP contribution in [0.1, 0.15) is 61.0 Å². The number of anilines is 2. The van der Waals surface area contributed by atoms with Gasteiger partial charge in [-0.1, -0.05) is 32.9 Å². The molecule has 0 fully saturated rings. The lowest BCUT2D eigenvalue weighted by atomic mass is 9.87. The lowest BCUT2D eigenvalue weighted by molar-refractivity contribution is -0.114. The Kier molecular flexibility index (Phi) is 7.07. The van der Waals surface area contributed by atoms with Gasteiger partial charge in [0.15, 0.2) is 17.2 Å². The van der Waals surface area contributed by atoms with Gasteiger partial charge in [0.1, 0.15) is 0 Å². The van der Waals surface area contributed by atoms with E-state index >= 15 is 0 Å². The minimum absolute atomic E-state index is 0.00107. The lowest BCUT2D eigenvalue weighted by Crippen LogP contribution is -2.13. The van der Waals surface area contributed by atoms with Crippen LogP contribution < -0.4 is 10.6 Å². The van der Waals surface area contributed by atoms with Crippen molar-refractivity contribution in [2.75, 3.05) is 10.6 Å². The Morgan fingerprint density at radius 1 is 0.730 bits per heavy atom. The molecule has 2 N–H and O–H groups in total. The summed E-state index contributed by atoms with van der Waals surface area (Å²) in [6.07, 6.45) is 0. The maximum atomic E-state index is 13.3. The third-order valence-corrected chi connectivity index (χ3v) is 5.86. The molecule has 0 saturated carbocycles. The van der Waals surface area contributed by atoms with Crippen LogP contribution in [0.3, 0.4) is 0 Å². The third-order valence-electron chi connectivity index (χ3n) is 5.86. The van der Waals surface area contributed by atoms with Crippen molar-refractivity contribution >= 4 is 29.0 Å². The van der Waals surface area contributed by atoms with Crippen LogP contribution in [0, 0.1) is 0 Å². The molecule has 0 aliphatic rings. The topological polar surface area (TPSA) is 101 Å². The molecule has 0 aliphatic carbocycles. The summed E-state index contributed by atoms with van der Waals surface area (Å²) in [5.41, 5.74) is 4.39. The molecule has 1 aromatic heterocycles. The fourth-order valence-corrected chi connectivity index (χ4v) is 3.79. The van der Waals surface area contributed by atoms with E-state index in [0.29, 0.717) is 34.2 Å². The largest absolute Gasteiger partial charge is 0.435 e. The fraction of sp³-hybridized carbons (Fsp3) is 0.200. The molecule has 188 valence electrons. The third kappa shape index (κ3) is 6.01. The van der Waals surface area contributed by atoms with Crippen LogP contribution in [-0.4, -0.2) is 22.6 Å². The summed E-state index contributed by atoms with van der Waals surface area (Å²) in [6, 6.07) is 21.6. The van der Waals surface area contributed by atoms with Gasteiger partial charge in [0, 0.05) is 35.0 Å². The second-order valence-corrected chi connectivity index (χ2v) is 9.87. The average Bonchev–Trinajstić information content (AvgIpc) is 3.30. The quantitative estimate of drug-likeness (QED) is 0.289. The molecule has 0 spiro atoms. The number of rotatable bonds is 6.